The van der Waals surface area contributed by atoms with E-state index in [2.05, 4.69) is 37.6 Å². The normalized spacial score (nSPS) is 9.93. The highest BCUT2D eigenvalue weighted by atomic mass is 79.9. The van der Waals surface area contributed by atoms with E-state index in [1.165, 1.54) is 13.3 Å². The molecule has 0 radical (unpaired) electrons. The molecular formula is C20H13BrN4O2. The molecule has 0 saturated carbocycles. The van der Waals surface area contributed by atoms with E-state index in [0.29, 0.717) is 33.6 Å². The Morgan fingerprint density at radius 2 is 2.15 bits per heavy atom. The number of hydrogen-bond donors (Lipinski definition) is 2. The van der Waals surface area contributed by atoms with Crippen LogP contribution in [-0.4, -0.2) is 18.0 Å². The van der Waals surface area contributed by atoms with Crippen LogP contribution in [0.4, 0.5) is 17.1 Å². The zero-order valence-corrected chi connectivity index (χ0v) is 15.8. The first-order valence-corrected chi connectivity index (χ1v) is 8.56. The Bertz CT molecular complexity index is 1130. The third kappa shape index (κ3) is 3.84. The predicted octanol–water partition coefficient (Wildman–Crippen LogP) is 4.19. The van der Waals surface area contributed by atoms with Crippen LogP contribution in [0.3, 0.4) is 0 Å². The van der Waals surface area contributed by atoms with Gasteiger partial charge in [-0.3, -0.25) is 9.78 Å². The molecule has 6 nitrogen and oxygen atoms in total. The van der Waals surface area contributed by atoms with Crippen molar-refractivity contribution >= 4 is 49.8 Å². The molecule has 2 N–H and O–H groups in total. The number of rotatable bonds is 4. The lowest BCUT2D eigenvalue weighted by molar-refractivity contribution is -0.111. The third-order valence-corrected chi connectivity index (χ3v) is 4.28. The third-order valence-electron chi connectivity index (χ3n) is 3.78. The summed E-state index contributed by atoms with van der Waals surface area (Å²) >= 11 is 3.43. The zero-order valence-electron chi connectivity index (χ0n) is 14.2. The molecule has 0 aliphatic rings. The fourth-order valence-corrected chi connectivity index (χ4v) is 2.97. The predicted molar refractivity (Wildman–Crippen MR) is 108 cm³/mol. The molecular weight excluding hydrogens is 408 g/mol. The summed E-state index contributed by atoms with van der Waals surface area (Å²) in [5, 5.41) is 16.0. The molecule has 0 spiro atoms. The number of nitrogens with zero attached hydrogens (tertiary/aromatic N) is 2. The number of nitriles is 1. The van der Waals surface area contributed by atoms with Gasteiger partial charge in [-0.2, -0.15) is 5.26 Å². The van der Waals surface area contributed by atoms with Gasteiger partial charge in [-0.1, -0.05) is 22.0 Å². The van der Waals surface area contributed by atoms with Gasteiger partial charge in [-0.05, 0) is 30.2 Å². The van der Waals surface area contributed by atoms with Crippen LogP contribution in [-0.2, 0) is 4.79 Å². The van der Waals surface area contributed by atoms with Crippen molar-refractivity contribution in [3.8, 4) is 24.2 Å². The van der Waals surface area contributed by atoms with Gasteiger partial charge in [0.05, 0.1) is 29.6 Å². The fraction of sp³-hybridized carbons (Fsp3) is 0.0500. The monoisotopic (exact) mass is 420 g/mol. The summed E-state index contributed by atoms with van der Waals surface area (Å²) in [6, 6.07) is 13.0. The van der Waals surface area contributed by atoms with Gasteiger partial charge < -0.3 is 15.4 Å². The molecule has 1 heterocycles. The molecule has 3 aromatic rings. The van der Waals surface area contributed by atoms with Gasteiger partial charge in [0, 0.05) is 27.8 Å². The number of carbonyl (C=O) groups is 1. The largest absolute Gasteiger partial charge is 0.494 e. The van der Waals surface area contributed by atoms with Gasteiger partial charge in [-0.15, -0.1) is 6.42 Å². The van der Waals surface area contributed by atoms with Crippen LogP contribution in [0.2, 0.25) is 0 Å². The van der Waals surface area contributed by atoms with Crippen LogP contribution in [0, 0.1) is 23.7 Å². The molecule has 0 saturated heterocycles. The lowest BCUT2D eigenvalue weighted by atomic mass is 10.1. The Morgan fingerprint density at radius 3 is 2.81 bits per heavy atom. The number of anilines is 3. The van der Waals surface area contributed by atoms with Crippen molar-refractivity contribution in [3.05, 3.63) is 52.6 Å². The van der Waals surface area contributed by atoms with Crippen LogP contribution >= 0.6 is 15.9 Å². The maximum atomic E-state index is 11.6. The summed E-state index contributed by atoms with van der Waals surface area (Å²) in [5.41, 5.74) is 2.71. The Balaban J connectivity index is 2.20. The van der Waals surface area contributed by atoms with Gasteiger partial charge in [-0.25, -0.2) is 0 Å². The quantitative estimate of drug-likeness (QED) is 0.617. The molecule has 0 bridgehead atoms. The lowest BCUT2D eigenvalue weighted by Gasteiger charge is -2.15. The minimum atomic E-state index is -0.599. The van der Waals surface area contributed by atoms with Crippen molar-refractivity contribution in [1.82, 2.24) is 4.98 Å². The van der Waals surface area contributed by atoms with E-state index in [1.807, 2.05) is 30.2 Å². The minimum Gasteiger partial charge on any atom is -0.494 e. The van der Waals surface area contributed by atoms with E-state index < -0.39 is 5.91 Å². The maximum absolute atomic E-state index is 11.6. The first kappa shape index (κ1) is 18.2. The molecule has 2 aromatic carbocycles. The van der Waals surface area contributed by atoms with Crippen LogP contribution in [0.15, 0.2) is 47.1 Å². The SMILES string of the molecule is C#CC(=O)Nc1cc2c(Nc3cccc(Br)c3)c(C#N)cnc2cc1OC. The first-order chi connectivity index (χ1) is 13.0. The maximum Gasteiger partial charge on any atom is 0.300 e. The molecule has 27 heavy (non-hydrogen) atoms. The molecule has 0 atom stereocenters. The number of ether oxygens (including phenoxy) is 1. The standard InChI is InChI=1S/C20H13BrN4O2/c1-3-19(26)25-17-8-15-16(9-18(17)27-2)23-11-12(10-22)20(15)24-14-6-4-5-13(21)7-14/h1,4-9,11H,2H3,(H,23,24)(H,25,26). The highest BCUT2D eigenvalue weighted by Crippen LogP contribution is 2.36. The Hall–Kier alpha value is -3.55. The van der Waals surface area contributed by atoms with E-state index in [1.54, 1.807) is 12.1 Å². The Kier molecular flexibility index (Phi) is 5.25. The number of benzene rings is 2. The number of fused-ring (bicyclic) bond motifs is 1. The number of amides is 1. The van der Waals surface area contributed by atoms with Crippen molar-refractivity contribution in [1.29, 1.82) is 5.26 Å². The van der Waals surface area contributed by atoms with Crippen molar-refractivity contribution in [2.24, 2.45) is 0 Å². The number of nitrogens with one attached hydrogen (secondary N) is 2. The topological polar surface area (TPSA) is 87.0 Å². The van der Waals surface area contributed by atoms with Crippen molar-refractivity contribution in [2.75, 3.05) is 17.7 Å². The van der Waals surface area contributed by atoms with Crippen molar-refractivity contribution < 1.29 is 9.53 Å². The average molecular weight is 421 g/mol. The van der Waals surface area contributed by atoms with E-state index in [9.17, 15) is 10.1 Å². The summed E-state index contributed by atoms with van der Waals surface area (Å²) < 4.78 is 6.21. The van der Waals surface area contributed by atoms with Crippen molar-refractivity contribution in [2.45, 2.75) is 0 Å². The van der Waals surface area contributed by atoms with E-state index in [0.717, 1.165) is 10.2 Å². The average Bonchev–Trinajstić information content (AvgIpc) is 2.67. The number of aromatic nitrogens is 1. The molecule has 3 rings (SSSR count). The molecule has 0 aliphatic carbocycles. The number of hydrogen-bond acceptors (Lipinski definition) is 5. The highest BCUT2D eigenvalue weighted by molar-refractivity contribution is 9.10. The van der Waals surface area contributed by atoms with Gasteiger partial charge in [0.15, 0.2) is 0 Å². The second kappa shape index (κ2) is 7.77. The number of terminal acetylenes is 1. The Labute approximate surface area is 164 Å². The van der Waals surface area contributed by atoms with Gasteiger partial charge in [0.1, 0.15) is 11.8 Å². The highest BCUT2D eigenvalue weighted by Gasteiger charge is 2.15. The van der Waals surface area contributed by atoms with Crippen LogP contribution in [0.5, 0.6) is 5.75 Å². The number of halogens is 1. The number of pyridine rings is 1. The second-order valence-corrected chi connectivity index (χ2v) is 6.38. The van der Waals surface area contributed by atoms with Crippen LogP contribution < -0.4 is 15.4 Å². The molecule has 1 amide bonds. The Morgan fingerprint density at radius 1 is 1.33 bits per heavy atom. The van der Waals surface area contributed by atoms with E-state index in [-0.39, 0.29) is 0 Å². The summed E-state index contributed by atoms with van der Waals surface area (Å²) in [7, 11) is 1.48. The minimum absolute atomic E-state index is 0.363. The van der Waals surface area contributed by atoms with Crippen molar-refractivity contribution in [3.63, 3.8) is 0 Å². The zero-order chi connectivity index (χ0) is 19.4. The molecule has 1 aromatic heterocycles. The van der Waals surface area contributed by atoms with E-state index in [4.69, 9.17) is 11.2 Å². The second-order valence-electron chi connectivity index (χ2n) is 5.46. The van der Waals surface area contributed by atoms with Gasteiger partial charge in [0.2, 0.25) is 0 Å². The van der Waals surface area contributed by atoms with E-state index >= 15 is 0 Å². The summed E-state index contributed by atoms with van der Waals surface area (Å²) in [5.74, 6) is 1.82. The van der Waals surface area contributed by atoms with Gasteiger partial charge in [0.25, 0.3) is 5.91 Å². The summed E-state index contributed by atoms with van der Waals surface area (Å²) in [6.45, 7) is 0. The molecule has 0 fully saturated rings. The molecule has 0 unspecified atom stereocenters. The van der Waals surface area contributed by atoms with Gasteiger partial charge >= 0.3 is 0 Å². The molecule has 132 valence electrons. The summed E-state index contributed by atoms with van der Waals surface area (Å²) in [6.07, 6.45) is 6.63. The van der Waals surface area contributed by atoms with Crippen LogP contribution in [0.1, 0.15) is 5.56 Å². The molecule has 7 heteroatoms. The fourth-order valence-electron chi connectivity index (χ4n) is 2.57. The lowest BCUT2D eigenvalue weighted by Crippen LogP contribution is -2.09. The number of carbonyl (C=O) groups excluding carboxylic acids is 1. The number of methoxy groups -OCH3 is 1. The van der Waals surface area contributed by atoms with Crippen LogP contribution in [0.25, 0.3) is 10.9 Å². The summed E-state index contributed by atoms with van der Waals surface area (Å²) in [4.78, 5) is 15.9. The first-order valence-electron chi connectivity index (χ1n) is 7.76. The smallest absolute Gasteiger partial charge is 0.300 e. The molecule has 0 aliphatic heterocycles.